The van der Waals surface area contributed by atoms with Gasteiger partial charge in [-0.3, -0.25) is 0 Å². The summed E-state index contributed by atoms with van der Waals surface area (Å²) >= 11 is 1.72. The lowest BCUT2D eigenvalue weighted by atomic mass is 10.1. The maximum Gasteiger partial charge on any atom is 0.0516 e. The molecule has 0 bridgehead atoms. The average molecular weight is 226 g/mol. The highest BCUT2D eigenvalue weighted by Crippen LogP contribution is 2.16. The van der Waals surface area contributed by atoms with Crippen molar-refractivity contribution in [3.8, 4) is 0 Å². The van der Waals surface area contributed by atoms with Gasteiger partial charge in [0.25, 0.3) is 0 Å². The van der Waals surface area contributed by atoms with Gasteiger partial charge in [-0.2, -0.15) is 0 Å². The van der Waals surface area contributed by atoms with Crippen LogP contribution in [0.25, 0.3) is 0 Å². The fourth-order valence-corrected chi connectivity index (χ4v) is 2.52. The highest BCUT2D eigenvalue weighted by molar-refractivity contribution is 7.10. The molecule has 0 aliphatic carbocycles. The number of rotatable bonds is 5. The fourth-order valence-electron chi connectivity index (χ4n) is 1.79. The molecule has 0 spiro atoms. The Balaban J connectivity index is 1.65. The van der Waals surface area contributed by atoms with Crippen molar-refractivity contribution in [2.45, 2.75) is 12.5 Å². The van der Waals surface area contributed by atoms with Crippen LogP contribution in [0.15, 0.2) is 17.5 Å². The third-order valence-corrected chi connectivity index (χ3v) is 3.73. The first kappa shape index (κ1) is 11.1. The Bertz CT molecular complexity index is 270. The Morgan fingerprint density at radius 1 is 1.67 bits per heavy atom. The first-order valence-electron chi connectivity index (χ1n) is 5.43. The molecule has 2 rings (SSSR count). The van der Waals surface area contributed by atoms with Crippen molar-refractivity contribution in [1.82, 2.24) is 5.32 Å². The number of nitrogens with two attached hydrogens (primary N) is 1. The summed E-state index contributed by atoms with van der Waals surface area (Å²) in [6.45, 7) is 3.71. The first-order chi connectivity index (χ1) is 7.36. The van der Waals surface area contributed by atoms with Crippen LogP contribution in [0.2, 0.25) is 0 Å². The minimum atomic E-state index is 0.132. The average Bonchev–Trinajstić information content (AvgIpc) is 2.90. The Hall–Kier alpha value is -0.420. The van der Waals surface area contributed by atoms with Crippen molar-refractivity contribution in [2.75, 3.05) is 26.3 Å². The van der Waals surface area contributed by atoms with Crippen molar-refractivity contribution in [1.29, 1.82) is 0 Å². The van der Waals surface area contributed by atoms with Gasteiger partial charge in [0.2, 0.25) is 0 Å². The Morgan fingerprint density at radius 2 is 2.60 bits per heavy atom. The van der Waals surface area contributed by atoms with Crippen LogP contribution in [0.3, 0.4) is 0 Å². The molecular formula is C11H18N2OS. The second kappa shape index (κ2) is 5.61. The summed E-state index contributed by atoms with van der Waals surface area (Å²) in [7, 11) is 0. The minimum Gasteiger partial charge on any atom is -0.381 e. The van der Waals surface area contributed by atoms with E-state index in [4.69, 9.17) is 10.5 Å². The zero-order chi connectivity index (χ0) is 10.5. The van der Waals surface area contributed by atoms with E-state index in [-0.39, 0.29) is 6.04 Å². The van der Waals surface area contributed by atoms with Crippen LogP contribution < -0.4 is 11.1 Å². The normalized spacial score (nSPS) is 23.1. The molecule has 1 aromatic rings. The molecule has 0 radical (unpaired) electrons. The second-order valence-corrected chi connectivity index (χ2v) is 4.99. The molecular weight excluding hydrogens is 208 g/mol. The Kier molecular flexibility index (Phi) is 4.14. The summed E-state index contributed by atoms with van der Waals surface area (Å²) in [5, 5.41) is 5.49. The molecule has 84 valence electrons. The quantitative estimate of drug-likeness (QED) is 0.797. The molecule has 1 saturated heterocycles. The third kappa shape index (κ3) is 3.28. The highest BCUT2D eigenvalue weighted by atomic mass is 32.1. The SMILES string of the molecule is NC(CNCC1CCOC1)c1cccs1. The van der Waals surface area contributed by atoms with Crippen molar-refractivity contribution < 1.29 is 4.74 Å². The molecule has 0 saturated carbocycles. The molecule has 2 heterocycles. The summed E-state index contributed by atoms with van der Waals surface area (Å²) in [5.41, 5.74) is 6.04. The number of ether oxygens (including phenoxy) is 1. The van der Waals surface area contributed by atoms with E-state index in [1.165, 1.54) is 11.3 Å². The maximum absolute atomic E-state index is 6.04. The second-order valence-electron chi connectivity index (χ2n) is 4.01. The van der Waals surface area contributed by atoms with Gasteiger partial charge in [-0.15, -0.1) is 11.3 Å². The van der Waals surface area contributed by atoms with Crippen LogP contribution in [-0.4, -0.2) is 26.3 Å². The van der Waals surface area contributed by atoms with Crippen LogP contribution in [0.5, 0.6) is 0 Å². The van der Waals surface area contributed by atoms with Crippen molar-refractivity contribution in [2.24, 2.45) is 11.7 Å². The minimum absolute atomic E-state index is 0.132. The van der Waals surface area contributed by atoms with E-state index in [2.05, 4.69) is 16.8 Å². The van der Waals surface area contributed by atoms with Crippen LogP contribution in [0.4, 0.5) is 0 Å². The molecule has 2 atom stereocenters. The monoisotopic (exact) mass is 226 g/mol. The van der Waals surface area contributed by atoms with Crippen molar-refractivity contribution in [3.05, 3.63) is 22.4 Å². The van der Waals surface area contributed by atoms with Gasteiger partial charge in [0.15, 0.2) is 0 Å². The number of thiophene rings is 1. The molecule has 1 aliphatic rings. The topological polar surface area (TPSA) is 47.3 Å². The standard InChI is InChI=1S/C11H18N2OS/c12-10(11-2-1-5-15-11)7-13-6-9-3-4-14-8-9/h1-2,5,9-10,13H,3-4,6-8,12H2. The number of nitrogens with one attached hydrogen (secondary N) is 1. The van der Waals surface area contributed by atoms with Gasteiger partial charge in [0.1, 0.15) is 0 Å². The van der Waals surface area contributed by atoms with E-state index in [9.17, 15) is 0 Å². The molecule has 2 unspecified atom stereocenters. The zero-order valence-electron chi connectivity index (χ0n) is 8.82. The predicted octanol–water partition coefficient (Wildman–Crippen LogP) is 1.37. The maximum atomic E-state index is 6.04. The zero-order valence-corrected chi connectivity index (χ0v) is 9.63. The largest absolute Gasteiger partial charge is 0.381 e. The van der Waals surface area contributed by atoms with E-state index < -0.39 is 0 Å². The first-order valence-corrected chi connectivity index (χ1v) is 6.31. The summed E-state index contributed by atoms with van der Waals surface area (Å²) < 4.78 is 5.32. The third-order valence-electron chi connectivity index (χ3n) is 2.73. The number of hydrogen-bond donors (Lipinski definition) is 2. The van der Waals surface area contributed by atoms with Gasteiger partial charge >= 0.3 is 0 Å². The van der Waals surface area contributed by atoms with E-state index >= 15 is 0 Å². The van der Waals surface area contributed by atoms with E-state index in [1.54, 1.807) is 11.3 Å². The summed E-state index contributed by atoms with van der Waals surface area (Å²) in [6, 6.07) is 4.27. The molecule has 0 aromatic carbocycles. The van der Waals surface area contributed by atoms with Gasteiger partial charge in [-0.1, -0.05) is 6.07 Å². The van der Waals surface area contributed by atoms with Gasteiger partial charge in [0.05, 0.1) is 12.6 Å². The van der Waals surface area contributed by atoms with E-state index in [0.29, 0.717) is 5.92 Å². The van der Waals surface area contributed by atoms with Gasteiger partial charge in [-0.25, -0.2) is 0 Å². The Labute approximate surface area is 94.6 Å². The van der Waals surface area contributed by atoms with Gasteiger partial charge in [0, 0.05) is 24.6 Å². The lowest BCUT2D eigenvalue weighted by molar-refractivity contribution is 0.185. The van der Waals surface area contributed by atoms with Crippen LogP contribution in [0.1, 0.15) is 17.3 Å². The highest BCUT2D eigenvalue weighted by Gasteiger charge is 2.15. The molecule has 4 heteroatoms. The lowest BCUT2D eigenvalue weighted by Crippen LogP contribution is -2.30. The molecule has 1 fully saturated rings. The predicted molar refractivity (Wildman–Crippen MR) is 63.0 cm³/mol. The van der Waals surface area contributed by atoms with Crippen LogP contribution >= 0.6 is 11.3 Å². The number of hydrogen-bond acceptors (Lipinski definition) is 4. The van der Waals surface area contributed by atoms with Crippen LogP contribution in [-0.2, 0) is 4.74 Å². The van der Waals surface area contributed by atoms with Gasteiger partial charge < -0.3 is 15.8 Å². The molecule has 3 N–H and O–H groups in total. The van der Waals surface area contributed by atoms with Crippen molar-refractivity contribution in [3.63, 3.8) is 0 Å². The molecule has 1 aliphatic heterocycles. The molecule has 3 nitrogen and oxygen atoms in total. The summed E-state index contributed by atoms with van der Waals surface area (Å²) in [6.07, 6.45) is 1.18. The molecule has 0 amide bonds. The smallest absolute Gasteiger partial charge is 0.0516 e. The summed E-state index contributed by atoms with van der Waals surface area (Å²) in [4.78, 5) is 1.25. The van der Waals surface area contributed by atoms with Crippen LogP contribution in [0, 0.1) is 5.92 Å². The van der Waals surface area contributed by atoms with Gasteiger partial charge in [-0.05, 0) is 23.8 Å². The van der Waals surface area contributed by atoms with Crippen molar-refractivity contribution >= 4 is 11.3 Å². The molecule has 1 aromatic heterocycles. The fraction of sp³-hybridized carbons (Fsp3) is 0.636. The molecule has 15 heavy (non-hydrogen) atoms. The van der Waals surface area contributed by atoms with E-state index in [0.717, 1.165) is 26.3 Å². The Morgan fingerprint density at radius 3 is 3.27 bits per heavy atom. The lowest BCUT2D eigenvalue weighted by Gasteiger charge is -2.13. The van der Waals surface area contributed by atoms with E-state index in [1.807, 2.05) is 6.07 Å². The summed E-state index contributed by atoms with van der Waals surface area (Å²) in [5.74, 6) is 0.681.